The molecule has 1 unspecified atom stereocenters. The summed E-state index contributed by atoms with van der Waals surface area (Å²) in [5, 5.41) is 124. The van der Waals surface area contributed by atoms with Crippen LogP contribution < -0.4 is 5.32 Å². The topological polar surface area (TPSA) is 335 Å². The maximum absolute atomic E-state index is 12.6. The molecule has 1 amide bonds. The van der Waals surface area contributed by atoms with Gasteiger partial charge in [-0.1, -0.05) is 0 Å². The first-order valence-electron chi connectivity index (χ1n) is 13.2. The quantitative estimate of drug-likeness (QED) is 0.100. The molecular weight excluding hydrogens is 594 g/mol. The van der Waals surface area contributed by atoms with E-state index in [1.165, 1.54) is 0 Å². The fraction of sp³-hybridized carbons (Fsp3) is 0.913. The Morgan fingerprint density at radius 1 is 0.907 bits per heavy atom. The van der Waals surface area contributed by atoms with Gasteiger partial charge in [0, 0.05) is 13.3 Å². The lowest BCUT2D eigenvalue weighted by Crippen LogP contribution is -2.71. The number of amides is 1. The second-order valence-electron chi connectivity index (χ2n) is 10.5. The molecule has 3 heterocycles. The summed E-state index contributed by atoms with van der Waals surface area (Å²) in [6, 6.07) is -1.55. The van der Waals surface area contributed by atoms with Crippen molar-refractivity contribution < 1.29 is 94.6 Å². The Hall–Kier alpha value is -1.70. The monoisotopic (exact) mass is 633 g/mol. The number of hydrogen-bond donors (Lipinski definition) is 13. The van der Waals surface area contributed by atoms with Crippen molar-refractivity contribution in [2.45, 2.75) is 111 Å². The molecule has 3 aliphatic rings. The van der Waals surface area contributed by atoms with Crippen LogP contribution in [0.5, 0.6) is 0 Å². The van der Waals surface area contributed by atoms with Crippen molar-refractivity contribution in [1.29, 1.82) is 0 Å². The van der Waals surface area contributed by atoms with E-state index in [2.05, 4.69) is 5.32 Å². The SMILES string of the molecule is CC(=O)N[C@H]1[C@H]([C@H](O)[C@H](O)CO)O[C@](O[C@H]2[C@H](O[C@@H]3O[C@H](CO)[C@H](O)[C@H](O)[C@H]3O)[C@@H](CO)OC(O)[C@@H]2O)(C(=O)O)C[C@@H]1O. The van der Waals surface area contributed by atoms with Crippen molar-refractivity contribution in [2.75, 3.05) is 19.8 Å². The highest BCUT2D eigenvalue weighted by Crippen LogP contribution is 2.38. The van der Waals surface area contributed by atoms with Gasteiger partial charge in [0.15, 0.2) is 12.6 Å². The Kier molecular flexibility index (Phi) is 12.1. The van der Waals surface area contributed by atoms with E-state index in [0.717, 1.165) is 6.92 Å². The van der Waals surface area contributed by atoms with Gasteiger partial charge < -0.3 is 90.3 Å². The average molecular weight is 634 g/mol. The second kappa shape index (κ2) is 14.6. The molecule has 0 aliphatic carbocycles. The predicted molar refractivity (Wildman–Crippen MR) is 130 cm³/mol. The highest BCUT2D eigenvalue weighted by atomic mass is 16.8. The summed E-state index contributed by atoms with van der Waals surface area (Å²) in [5.41, 5.74) is 0. The maximum atomic E-state index is 12.6. The number of carboxylic acids is 1. The summed E-state index contributed by atoms with van der Waals surface area (Å²) >= 11 is 0. The molecule has 0 spiro atoms. The zero-order valence-corrected chi connectivity index (χ0v) is 22.7. The molecule has 0 saturated carbocycles. The van der Waals surface area contributed by atoms with E-state index >= 15 is 0 Å². The molecule has 3 saturated heterocycles. The van der Waals surface area contributed by atoms with E-state index in [0.29, 0.717) is 0 Å². The third kappa shape index (κ3) is 7.41. The van der Waals surface area contributed by atoms with Crippen molar-refractivity contribution in [1.82, 2.24) is 5.32 Å². The highest BCUT2D eigenvalue weighted by molar-refractivity contribution is 5.76. The fourth-order valence-electron chi connectivity index (χ4n) is 5.16. The standard InChI is InChI=1S/C23H39NO19/c1-6(28)24-11-7(29)2-23(22(37)38,42-18(11)12(31)8(30)3-25)43-19-16(35)20(36)39-10(5-27)17(19)41-21-15(34)14(33)13(32)9(4-26)40-21/h7-21,25-27,29-36H,2-5H2,1H3,(H,24,28)(H,37,38)/t7-,8+,9+,10+,11+,12+,13-,14-,15+,16+,17+,18+,19+,20?,21-,23+/m0/s1. The highest BCUT2D eigenvalue weighted by Gasteiger charge is 2.60. The lowest BCUT2D eigenvalue weighted by Gasteiger charge is -2.51. The van der Waals surface area contributed by atoms with Gasteiger partial charge in [0.2, 0.25) is 5.91 Å². The molecule has 20 heteroatoms. The van der Waals surface area contributed by atoms with Crippen LogP contribution in [0.4, 0.5) is 0 Å². The lowest BCUT2D eigenvalue weighted by molar-refractivity contribution is -0.390. The number of nitrogens with one attached hydrogen (secondary N) is 1. The number of carboxylic acid groups (broad SMARTS) is 1. The Morgan fingerprint density at radius 2 is 1.53 bits per heavy atom. The molecule has 3 rings (SSSR count). The number of carbonyl (C=O) groups is 2. The number of aliphatic carboxylic acids is 1. The van der Waals surface area contributed by atoms with Gasteiger partial charge in [-0.2, -0.15) is 0 Å². The molecule has 250 valence electrons. The first kappa shape index (κ1) is 35.8. The van der Waals surface area contributed by atoms with Crippen molar-refractivity contribution in [3.8, 4) is 0 Å². The molecule has 0 aromatic rings. The van der Waals surface area contributed by atoms with E-state index in [9.17, 15) is 70.9 Å². The van der Waals surface area contributed by atoms with Gasteiger partial charge >= 0.3 is 5.97 Å². The second-order valence-corrected chi connectivity index (χ2v) is 10.5. The van der Waals surface area contributed by atoms with E-state index in [4.69, 9.17) is 23.7 Å². The third-order valence-corrected chi connectivity index (χ3v) is 7.47. The smallest absolute Gasteiger partial charge is 0.364 e. The average Bonchev–Trinajstić information content (AvgIpc) is 2.96. The van der Waals surface area contributed by atoms with Crippen molar-refractivity contribution in [2.24, 2.45) is 0 Å². The minimum absolute atomic E-state index is 0.756. The first-order valence-corrected chi connectivity index (χ1v) is 13.2. The van der Waals surface area contributed by atoms with E-state index in [1.807, 2.05) is 0 Å². The Labute approximate surface area is 243 Å². The summed E-state index contributed by atoms with van der Waals surface area (Å²) in [4.78, 5) is 24.4. The van der Waals surface area contributed by atoms with Crippen molar-refractivity contribution in [3.63, 3.8) is 0 Å². The molecule has 0 aromatic heterocycles. The number of aliphatic hydroxyl groups excluding tert-OH is 11. The number of ether oxygens (including phenoxy) is 5. The van der Waals surface area contributed by atoms with Gasteiger partial charge in [0.05, 0.1) is 32.0 Å². The minimum Gasteiger partial charge on any atom is -0.477 e. The van der Waals surface area contributed by atoms with Crippen LogP contribution in [0.1, 0.15) is 13.3 Å². The molecule has 16 atom stereocenters. The Morgan fingerprint density at radius 3 is 2.07 bits per heavy atom. The van der Waals surface area contributed by atoms with Crippen LogP contribution in [0.2, 0.25) is 0 Å². The molecule has 0 bridgehead atoms. The molecular formula is C23H39NO19. The number of carbonyl (C=O) groups excluding carboxylic acids is 1. The summed E-state index contributed by atoms with van der Waals surface area (Å²) in [7, 11) is 0. The minimum atomic E-state index is -3.05. The summed E-state index contributed by atoms with van der Waals surface area (Å²) < 4.78 is 27.1. The van der Waals surface area contributed by atoms with Crippen LogP contribution in [0.25, 0.3) is 0 Å². The predicted octanol–water partition coefficient (Wildman–Crippen LogP) is -8.22. The molecule has 20 nitrogen and oxygen atoms in total. The van der Waals surface area contributed by atoms with Crippen LogP contribution in [0.3, 0.4) is 0 Å². The zero-order chi connectivity index (χ0) is 32.4. The molecule has 13 N–H and O–H groups in total. The maximum Gasteiger partial charge on any atom is 0.364 e. The number of aliphatic hydroxyl groups is 11. The van der Waals surface area contributed by atoms with E-state index in [-0.39, 0.29) is 0 Å². The number of rotatable bonds is 11. The van der Waals surface area contributed by atoms with Gasteiger partial charge in [-0.05, 0) is 0 Å². The summed E-state index contributed by atoms with van der Waals surface area (Å²) in [6.45, 7) is -1.86. The molecule has 0 aromatic carbocycles. The molecule has 3 aliphatic heterocycles. The van der Waals surface area contributed by atoms with Gasteiger partial charge in [-0.15, -0.1) is 0 Å². The normalized spacial score (nSPS) is 45.3. The summed E-state index contributed by atoms with van der Waals surface area (Å²) in [5.74, 6) is -5.78. The van der Waals surface area contributed by atoms with Gasteiger partial charge in [-0.25, -0.2) is 4.79 Å². The van der Waals surface area contributed by atoms with Crippen molar-refractivity contribution in [3.05, 3.63) is 0 Å². The third-order valence-electron chi connectivity index (χ3n) is 7.47. The molecule has 43 heavy (non-hydrogen) atoms. The van der Waals surface area contributed by atoms with Crippen LogP contribution in [-0.4, -0.2) is 191 Å². The Balaban J connectivity index is 2.01. The van der Waals surface area contributed by atoms with Gasteiger partial charge in [0.25, 0.3) is 5.79 Å². The zero-order valence-electron chi connectivity index (χ0n) is 22.7. The van der Waals surface area contributed by atoms with Crippen LogP contribution in [0.15, 0.2) is 0 Å². The van der Waals surface area contributed by atoms with Crippen LogP contribution >= 0.6 is 0 Å². The van der Waals surface area contributed by atoms with Gasteiger partial charge in [-0.3, -0.25) is 4.79 Å². The fourth-order valence-corrected chi connectivity index (χ4v) is 5.16. The molecule has 3 fully saturated rings. The largest absolute Gasteiger partial charge is 0.477 e. The van der Waals surface area contributed by atoms with Crippen molar-refractivity contribution >= 4 is 11.9 Å². The van der Waals surface area contributed by atoms with Gasteiger partial charge in [0.1, 0.15) is 67.1 Å². The Bertz CT molecular complexity index is 942. The first-order chi connectivity index (χ1) is 20.1. The van der Waals surface area contributed by atoms with Crippen LogP contribution in [-0.2, 0) is 33.3 Å². The van der Waals surface area contributed by atoms with E-state index < -0.39 is 136 Å². The van der Waals surface area contributed by atoms with Crippen LogP contribution in [0, 0.1) is 0 Å². The van der Waals surface area contributed by atoms with E-state index in [1.54, 1.807) is 0 Å². The summed E-state index contributed by atoms with van der Waals surface area (Å²) in [6.07, 6.45) is -28.1. The lowest BCUT2D eigenvalue weighted by atomic mass is 9.88. The number of hydrogen-bond acceptors (Lipinski definition) is 18. The molecule has 0 radical (unpaired) electrons.